The normalized spacial score (nSPS) is 16.1. The number of thioether (sulfide) groups is 1. The number of aryl methyl sites for hydroxylation is 1. The summed E-state index contributed by atoms with van der Waals surface area (Å²) in [6.07, 6.45) is 0.906. The van der Waals surface area contributed by atoms with Crippen LogP contribution in [0, 0.1) is 6.92 Å². The maximum atomic E-state index is 12.7. The number of carboxylic acids is 1. The van der Waals surface area contributed by atoms with Crippen molar-refractivity contribution in [2.45, 2.75) is 25.3 Å². The summed E-state index contributed by atoms with van der Waals surface area (Å²) in [4.78, 5) is 26.0. The Bertz CT molecular complexity index is 807. The molecule has 0 radical (unpaired) electrons. The van der Waals surface area contributed by atoms with Gasteiger partial charge in [-0.15, -0.1) is 11.3 Å². The number of methoxy groups -OCH3 is 1. The number of amides is 1. The molecule has 2 heterocycles. The Morgan fingerprint density at radius 1 is 1.19 bits per heavy atom. The van der Waals surface area contributed by atoms with Gasteiger partial charge in [-0.25, -0.2) is 4.79 Å². The van der Waals surface area contributed by atoms with Crippen LogP contribution in [0.25, 0.3) is 11.1 Å². The van der Waals surface area contributed by atoms with Crippen molar-refractivity contribution in [1.29, 1.82) is 0 Å². The molecule has 2 aromatic rings. The molecule has 2 N–H and O–H groups in total. The minimum atomic E-state index is -1.15. The van der Waals surface area contributed by atoms with Crippen LogP contribution in [0.2, 0.25) is 0 Å². The van der Waals surface area contributed by atoms with Gasteiger partial charge in [-0.1, -0.05) is 12.1 Å². The van der Waals surface area contributed by atoms with Crippen molar-refractivity contribution in [2.75, 3.05) is 18.6 Å². The average molecular weight is 392 g/mol. The highest BCUT2D eigenvalue weighted by Crippen LogP contribution is 2.33. The first-order chi connectivity index (χ1) is 12.4. The molecule has 0 spiro atoms. The standard InChI is InChI=1S/C19H21NO4S2/c1-12-15(13-3-5-14(24-2)6-4-13)11-16(26-12)17(21)20-19(18(22)23)7-9-25-10-8-19/h3-6,11H,7-10H2,1-2H3,(H,20,21)(H,22,23). The number of thiophene rings is 1. The Balaban J connectivity index is 1.83. The van der Waals surface area contributed by atoms with Crippen molar-refractivity contribution < 1.29 is 19.4 Å². The van der Waals surface area contributed by atoms with Crippen LogP contribution in [-0.2, 0) is 4.79 Å². The number of hydrogen-bond donors (Lipinski definition) is 2. The molecule has 0 aliphatic carbocycles. The van der Waals surface area contributed by atoms with E-state index < -0.39 is 11.5 Å². The molecule has 0 saturated carbocycles. The van der Waals surface area contributed by atoms with E-state index in [9.17, 15) is 14.7 Å². The van der Waals surface area contributed by atoms with Gasteiger partial charge in [0.2, 0.25) is 0 Å². The molecule has 0 atom stereocenters. The summed E-state index contributed by atoms with van der Waals surface area (Å²) in [5.74, 6) is 1.00. The Kier molecular flexibility index (Phi) is 5.58. The number of aliphatic carboxylic acids is 1. The summed E-state index contributed by atoms with van der Waals surface area (Å²) in [7, 11) is 1.62. The molecule has 1 fully saturated rings. The molecule has 5 nitrogen and oxygen atoms in total. The monoisotopic (exact) mass is 391 g/mol. The Morgan fingerprint density at radius 3 is 2.42 bits per heavy atom. The number of hydrogen-bond acceptors (Lipinski definition) is 5. The van der Waals surface area contributed by atoms with Crippen molar-refractivity contribution in [3.63, 3.8) is 0 Å². The summed E-state index contributed by atoms with van der Waals surface area (Å²) < 4.78 is 5.18. The van der Waals surface area contributed by atoms with E-state index in [1.54, 1.807) is 18.9 Å². The molecule has 7 heteroatoms. The van der Waals surface area contributed by atoms with E-state index in [2.05, 4.69) is 5.32 Å². The first kappa shape index (κ1) is 18.8. The maximum absolute atomic E-state index is 12.7. The highest BCUT2D eigenvalue weighted by molar-refractivity contribution is 7.99. The number of carbonyl (C=O) groups is 2. The molecule has 1 saturated heterocycles. The van der Waals surface area contributed by atoms with Crippen molar-refractivity contribution in [3.8, 4) is 16.9 Å². The SMILES string of the molecule is COc1ccc(-c2cc(C(=O)NC3(C(=O)O)CCSCC3)sc2C)cc1. The molecule has 26 heavy (non-hydrogen) atoms. The lowest BCUT2D eigenvalue weighted by atomic mass is 9.92. The Labute approximate surface area is 160 Å². The molecule has 1 aliphatic rings. The van der Waals surface area contributed by atoms with E-state index in [0.717, 1.165) is 33.3 Å². The lowest BCUT2D eigenvalue weighted by molar-refractivity contribution is -0.144. The molecule has 1 aliphatic heterocycles. The third-order valence-electron chi connectivity index (χ3n) is 4.65. The van der Waals surface area contributed by atoms with Gasteiger partial charge in [0.15, 0.2) is 0 Å². The quantitative estimate of drug-likeness (QED) is 0.811. The fourth-order valence-corrected chi connectivity index (χ4v) is 5.17. The zero-order valence-electron chi connectivity index (χ0n) is 14.7. The zero-order valence-corrected chi connectivity index (χ0v) is 16.3. The zero-order chi connectivity index (χ0) is 18.7. The lowest BCUT2D eigenvalue weighted by Gasteiger charge is -2.33. The molecular weight excluding hydrogens is 370 g/mol. The van der Waals surface area contributed by atoms with Gasteiger partial charge in [0.05, 0.1) is 12.0 Å². The molecule has 3 rings (SSSR count). The van der Waals surface area contributed by atoms with Crippen LogP contribution in [0.1, 0.15) is 27.4 Å². The van der Waals surface area contributed by atoms with Gasteiger partial charge in [-0.05, 0) is 60.6 Å². The van der Waals surface area contributed by atoms with E-state index in [1.807, 2.05) is 37.3 Å². The van der Waals surface area contributed by atoms with Gasteiger partial charge in [0.1, 0.15) is 11.3 Å². The van der Waals surface area contributed by atoms with E-state index in [4.69, 9.17) is 4.74 Å². The van der Waals surface area contributed by atoms with Gasteiger partial charge in [0, 0.05) is 4.88 Å². The van der Waals surface area contributed by atoms with Crippen LogP contribution in [0.15, 0.2) is 30.3 Å². The largest absolute Gasteiger partial charge is 0.497 e. The van der Waals surface area contributed by atoms with Gasteiger partial charge in [0.25, 0.3) is 5.91 Å². The first-order valence-electron chi connectivity index (χ1n) is 8.34. The number of benzene rings is 1. The molecule has 1 aromatic heterocycles. The summed E-state index contributed by atoms with van der Waals surface area (Å²) >= 11 is 3.11. The number of nitrogens with one attached hydrogen (secondary N) is 1. The molecular formula is C19H21NO4S2. The second kappa shape index (κ2) is 7.72. The van der Waals surface area contributed by atoms with Gasteiger partial charge in [-0.2, -0.15) is 11.8 Å². The summed E-state index contributed by atoms with van der Waals surface area (Å²) in [6, 6.07) is 9.50. The van der Waals surface area contributed by atoms with Crippen molar-refractivity contribution >= 4 is 35.0 Å². The van der Waals surface area contributed by atoms with Crippen LogP contribution in [0.4, 0.5) is 0 Å². The fraction of sp³-hybridized carbons (Fsp3) is 0.368. The predicted octanol–water partition coefficient (Wildman–Crippen LogP) is 3.81. The van der Waals surface area contributed by atoms with Gasteiger partial charge in [-0.3, -0.25) is 4.79 Å². The minimum absolute atomic E-state index is 0.313. The molecule has 138 valence electrons. The average Bonchev–Trinajstić information content (AvgIpc) is 3.04. The molecule has 1 amide bonds. The summed E-state index contributed by atoms with van der Waals surface area (Å²) in [6.45, 7) is 1.96. The van der Waals surface area contributed by atoms with Crippen LogP contribution >= 0.6 is 23.1 Å². The summed E-state index contributed by atoms with van der Waals surface area (Å²) in [5, 5.41) is 12.4. The maximum Gasteiger partial charge on any atom is 0.329 e. The van der Waals surface area contributed by atoms with E-state index in [0.29, 0.717) is 17.7 Å². The van der Waals surface area contributed by atoms with Crippen LogP contribution in [-0.4, -0.2) is 41.1 Å². The molecule has 1 aromatic carbocycles. The molecule has 0 unspecified atom stereocenters. The van der Waals surface area contributed by atoms with Crippen LogP contribution in [0.5, 0.6) is 5.75 Å². The van der Waals surface area contributed by atoms with E-state index >= 15 is 0 Å². The summed E-state index contributed by atoms with van der Waals surface area (Å²) in [5.41, 5.74) is 0.826. The Morgan fingerprint density at radius 2 is 1.85 bits per heavy atom. The molecule has 0 bridgehead atoms. The number of rotatable bonds is 5. The van der Waals surface area contributed by atoms with Crippen LogP contribution in [0.3, 0.4) is 0 Å². The predicted molar refractivity (Wildman–Crippen MR) is 105 cm³/mol. The number of carbonyl (C=O) groups excluding carboxylic acids is 1. The van der Waals surface area contributed by atoms with E-state index in [-0.39, 0.29) is 5.91 Å². The first-order valence-corrected chi connectivity index (χ1v) is 10.3. The lowest BCUT2D eigenvalue weighted by Crippen LogP contribution is -2.56. The van der Waals surface area contributed by atoms with Crippen LogP contribution < -0.4 is 10.1 Å². The Hall–Kier alpha value is -1.99. The fourth-order valence-electron chi connectivity index (χ4n) is 3.04. The van der Waals surface area contributed by atoms with Crippen molar-refractivity contribution in [2.24, 2.45) is 0 Å². The second-order valence-electron chi connectivity index (χ2n) is 6.26. The van der Waals surface area contributed by atoms with Gasteiger partial charge >= 0.3 is 5.97 Å². The number of ether oxygens (including phenoxy) is 1. The van der Waals surface area contributed by atoms with Crippen molar-refractivity contribution in [3.05, 3.63) is 40.1 Å². The second-order valence-corrected chi connectivity index (χ2v) is 8.74. The third kappa shape index (κ3) is 3.73. The number of carboxylic acid groups (broad SMARTS) is 1. The third-order valence-corrected chi connectivity index (χ3v) is 6.69. The highest BCUT2D eigenvalue weighted by Gasteiger charge is 2.41. The van der Waals surface area contributed by atoms with Crippen molar-refractivity contribution in [1.82, 2.24) is 5.32 Å². The highest BCUT2D eigenvalue weighted by atomic mass is 32.2. The minimum Gasteiger partial charge on any atom is -0.497 e. The van der Waals surface area contributed by atoms with Gasteiger partial charge < -0.3 is 15.2 Å². The topological polar surface area (TPSA) is 75.6 Å². The smallest absolute Gasteiger partial charge is 0.329 e. The van der Waals surface area contributed by atoms with E-state index in [1.165, 1.54) is 11.3 Å².